The number of nitrogens with zero attached hydrogens (tertiary/aromatic N) is 7. The Morgan fingerprint density at radius 1 is 1.04 bits per heavy atom. The number of halogens is 1. The molecule has 3 fully saturated rings. The first-order valence-electron chi connectivity index (χ1n) is 17.6. The van der Waals surface area contributed by atoms with Crippen LogP contribution in [-0.2, 0) is 9.59 Å². The zero-order chi connectivity index (χ0) is 34.8. The molecule has 49 heavy (non-hydrogen) atoms. The molecule has 1 aliphatic carbocycles. The molecule has 262 valence electrons. The molecule has 10 nitrogen and oxygen atoms in total. The first-order valence-corrected chi connectivity index (χ1v) is 18.8. The van der Waals surface area contributed by atoms with Gasteiger partial charge in [-0.1, -0.05) is 44.5 Å². The molecule has 2 aromatic heterocycles. The molecule has 1 saturated carbocycles. The predicted molar refractivity (Wildman–Crippen MR) is 195 cm³/mol. The number of amides is 2. The Hall–Kier alpha value is -3.12. The Labute approximate surface area is 298 Å². The Kier molecular flexibility index (Phi) is 9.03. The predicted octanol–water partition coefficient (Wildman–Crippen LogP) is 5.35. The van der Waals surface area contributed by atoms with E-state index in [4.69, 9.17) is 16.6 Å². The quantitative estimate of drug-likeness (QED) is 0.356. The Morgan fingerprint density at radius 3 is 2.37 bits per heavy atom. The summed E-state index contributed by atoms with van der Waals surface area (Å²) in [6.45, 7) is 20.7. The second-order valence-electron chi connectivity index (χ2n) is 15.9. The average molecular weight is 705 g/mol. The second-order valence-corrected chi connectivity index (χ2v) is 17.5. The summed E-state index contributed by atoms with van der Waals surface area (Å²) in [6, 6.07) is 8.06. The number of benzene rings is 1. The Morgan fingerprint density at radius 2 is 1.71 bits per heavy atom. The van der Waals surface area contributed by atoms with Gasteiger partial charge in [0.1, 0.15) is 16.9 Å². The van der Waals surface area contributed by atoms with Crippen molar-refractivity contribution in [3.8, 4) is 5.00 Å². The highest BCUT2D eigenvalue weighted by Crippen LogP contribution is 2.51. The highest BCUT2D eigenvalue weighted by molar-refractivity contribution is 7.15. The normalized spacial score (nSPS) is 21.7. The number of rotatable bonds is 7. The molecule has 5 heterocycles. The number of aliphatic imine (C=N–C) groups is 1. The number of fused-ring (bicyclic) bond motifs is 3. The van der Waals surface area contributed by atoms with Gasteiger partial charge in [-0.3, -0.25) is 28.9 Å². The SMILES string of the molecule is Cc1sc2c(c1C)C(c1ccc(Cl)cc1)=N[C@@H](CC(=O)N1CC3(CC(N4CCN(CC(=O)NC(C)C(C)(C)C)CC4)C3)C1)c1nnc(C)n1-2. The summed E-state index contributed by atoms with van der Waals surface area (Å²) in [5, 5.41) is 13.9. The van der Waals surface area contributed by atoms with Gasteiger partial charge in [-0.2, -0.15) is 0 Å². The van der Waals surface area contributed by atoms with Gasteiger partial charge in [0, 0.05) is 77.8 Å². The third-order valence-corrected chi connectivity index (χ3v) is 12.9. The number of aromatic nitrogens is 3. The van der Waals surface area contributed by atoms with Gasteiger partial charge in [0.25, 0.3) is 0 Å². The second kappa shape index (κ2) is 12.9. The van der Waals surface area contributed by atoms with Crippen molar-refractivity contribution in [2.24, 2.45) is 15.8 Å². The van der Waals surface area contributed by atoms with E-state index in [1.54, 1.807) is 11.3 Å². The lowest BCUT2D eigenvalue weighted by Gasteiger charge is -2.61. The summed E-state index contributed by atoms with van der Waals surface area (Å²) in [5.41, 5.74) is 4.39. The maximum absolute atomic E-state index is 13.8. The van der Waals surface area contributed by atoms with Crippen molar-refractivity contribution in [1.82, 2.24) is 34.8 Å². The fourth-order valence-electron chi connectivity index (χ4n) is 7.82. The maximum Gasteiger partial charge on any atom is 0.234 e. The van der Waals surface area contributed by atoms with Crippen LogP contribution in [0.5, 0.6) is 0 Å². The van der Waals surface area contributed by atoms with E-state index in [9.17, 15) is 9.59 Å². The van der Waals surface area contributed by atoms with Crippen molar-refractivity contribution in [1.29, 1.82) is 0 Å². The van der Waals surface area contributed by atoms with Crippen LogP contribution in [-0.4, -0.2) is 105 Å². The lowest BCUT2D eigenvalue weighted by Crippen LogP contribution is -2.68. The summed E-state index contributed by atoms with van der Waals surface area (Å²) in [5.74, 6) is 1.75. The van der Waals surface area contributed by atoms with Crippen molar-refractivity contribution in [2.45, 2.75) is 85.9 Å². The number of carbonyl (C=O) groups is 2. The van der Waals surface area contributed by atoms with Crippen molar-refractivity contribution in [3.05, 3.63) is 62.5 Å². The molecule has 2 amide bonds. The lowest BCUT2D eigenvalue weighted by atomic mass is 9.60. The monoisotopic (exact) mass is 704 g/mol. The molecule has 3 aliphatic heterocycles. The zero-order valence-electron chi connectivity index (χ0n) is 29.8. The highest BCUT2D eigenvalue weighted by Gasteiger charge is 2.55. The topological polar surface area (TPSA) is 99.0 Å². The molecule has 3 aromatic rings. The van der Waals surface area contributed by atoms with Crippen LogP contribution < -0.4 is 5.32 Å². The third kappa shape index (κ3) is 6.59. The minimum Gasteiger partial charge on any atom is -0.352 e. The number of nitrogens with one attached hydrogen (secondary N) is 1. The van der Waals surface area contributed by atoms with Gasteiger partial charge in [-0.05, 0) is 63.6 Å². The van der Waals surface area contributed by atoms with Crippen LogP contribution in [0.15, 0.2) is 29.3 Å². The minimum absolute atomic E-state index is 0.0496. The van der Waals surface area contributed by atoms with E-state index in [0.717, 1.165) is 85.6 Å². The Bertz CT molecular complexity index is 1770. The Balaban J connectivity index is 0.966. The fourth-order valence-corrected chi connectivity index (χ4v) is 9.16. The molecule has 4 aliphatic rings. The summed E-state index contributed by atoms with van der Waals surface area (Å²) in [7, 11) is 0. The van der Waals surface area contributed by atoms with E-state index < -0.39 is 6.04 Å². The van der Waals surface area contributed by atoms with Gasteiger partial charge >= 0.3 is 0 Å². The number of carbonyl (C=O) groups excluding carboxylic acids is 2. The smallest absolute Gasteiger partial charge is 0.234 e. The molecule has 1 spiro atoms. The largest absolute Gasteiger partial charge is 0.352 e. The number of thiophene rings is 1. The lowest BCUT2D eigenvalue weighted by molar-refractivity contribution is -0.159. The number of piperazine rings is 1. The number of hydrogen-bond acceptors (Lipinski definition) is 8. The van der Waals surface area contributed by atoms with Gasteiger partial charge in [-0.15, -0.1) is 21.5 Å². The van der Waals surface area contributed by atoms with Crippen LogP contribution in [0.2, 0.25) is 5.02 Å². The van der Waals surface area contributed by atoms with E-state index in [2.05, 4.69) is 71.4 Å². The highest BCUT2D eigenvalue weighted by atomic mass is 35.5. The standard InChI is InChI=1S/C37H49ClN8O2S/c1-22-23(2)49-35-32(22)33(26-8-10-27(38)11-9-26)40-29(34-42-41-25(4)46(34)35)16-31(48)45-20-37(21-45)17-28(18-37)44-14-12-43(13-15-44)19-30(47)39-24(3)36(5,6)7/h8-11,24,28-29H,12-21H2,1-7H3,(H,39,47)/t24?,29-/m0/s1. The van der Waals surface area contributed by atoms with Crippen molar-refractivity contribution in [3.63, 3.8) is 0 Å². The van der Waals surface area contributed by atoms with Crippen LogP contribution in [0.3, 0.4) is 0 Å². The van der Waals surface area contributed by atoms with Crippen LogP contribution in [0.25, 0.3) is 5.00 Å². The van der Waals surface area contributed by atoms with E-state index in [-0.39, 0.29) is 35.1 Å². The molecule has 1 unspecified atom stereocenters. The molecule has 7 rings (SSSR count). The van der Waals surface area contributed by atoms with Crippen LogP contribution in [0.1, 0.15) is 86.2 Å². The molecule has 2 atom stereocenters. The number of hydrogen-bond donors (Lipinski definition) is 1. The minimum atomic E-state index is -0.445. The molecule has 1 aromatic carbocycles. The zero-order valence-corrected chi connectivity index (χ0v) is 31.4. The van der Waals surface area contributed by atoms with Crippen LogP contribution in [0.4, 0.5) is 0 Å². The molecule has 1 N–H and O–H groups in total. The van der Waals surface area contributed by atoms with E-state index in [0.29, 0.717) is 17.6 Å². The van der Waals surface area contributed by atoms with E-state index >= 15 is 0 Å². The van der Waals surface area contributed by atoms with Gasteiger partial charge in [0.05, 0.1) is 18.7 Å². The average Bonchev–Trinajstić information content (AvgIpc) is 3.48. The first kappa shape index (κ1) is 34.3. The van der Waals surface area contributed by atoms with E-state index in [1.807, 2.05) is 36.1 Å². The van der Waals surface area contributed by atoms with Crippen LogP contribution in [0, 0.1) is 31.6 Å². The third-order valence-electron chi connectivity index (χ3n) is 11.4. The number of likely N-dealkylation sites (tertiary alicyclic amines) is 1. The number of aryl methyl sites for hydroxylation is 2. The summed E-state index contributed by atoms with van der Waals surface area (Å²) in [6.07, 6.45) is 2.52. The molecule has 2 saturated heterocycles. The fraction of sp³-hybridized carbons (Fsp3) is 0.595. The maximum atomic E-state index is 13.8. The molecule has 0 bridgehead atoms. The molecule has 12 heteroatoms. The molecular formula is C37H49ClN8O2S. The molecule has 0 radical (unpaired) electrons. The van der Waals surface area contributed by atoms with Crippen molar-refractivity contribution >= 4 is 40.5 Å². The summed E-state index contributed by atoms with van der Waals surface area (Å²) < 4.78 is 2.11. The first-order chi connectivity index (χ1) is 23.2. The van der Waals surface area contributed by atoms with Gasteiger partial charge in [0.15, 0.2) is 5.82 Å². The summed E-state index contributed by atoms with van der Waals surface area (Å²) >= 11 is 7.98. The van der Waals surface area contributed by atoms with Crippen LogP contribution >= 0.6 is 22.9 Å². The van der Waals surface area contributed by atoms with Gasteiger partial charge in [0.2, 0.25) is 11.8 Å². The van der Waals surface area contributed by atoms with Gasteiger partial charge in [-0.25, -0.2) is 0 Å². The summed E-state index contributed by atoms with van der Waals surface area (Å²) in [4.78, 5) is 39.9. The van der Waals surface area contributed by atoms with Crippen molar-refractivity contribution in [2.75, 3.05) is 45.8 Å². The van der Waals surface area contributed by atoms with Crippen molar-refractivity contribution < 1.29 is 9.59 Å². The van der Waals surface area contributed by atoms with E-state index in [1.165, 1.54) is 10.4 Å². The molecular weight excluding hydrogens is 656 g/mol. The van der Waals surface area contributed by atoms with Gasteiger partial charge < -0.3 is 10.2 Å².